The highest BCUT2D eigenvalue weighted by atomic mass is 16.3. The number of para-hydroxylation sites is 1. The van der Waals surface area contributed by atoms with Gasteiger partial charge in [-0.25, -0.2) is 4.68 Å². The average Bonchev–Trinajstić information content (AvgIpc) is 2.93. The molecule has 1 aliphatic carbocycles. The lowest BCUT2D eigenvalue weighted by Crippen LogP contribution is -2.64. The van der Waals surface area contributed by atoms with E-state index in [-0.39, 0.29) is 5.56 Å². The lowest BCUT2D eigenvalue weighted by molar-refractivity contribution is -0.536. The Hall–Kier alpha value is -2.63. The zero-order valence-electron chi connectivity index (χ0n) is 14.7. The Balaban J connectivity index is 1.68. The fraction of sp³-hybridized carbons (Fsp3) is 0.286. The Kier molecular flexibility index (Phi) is 4.05. The van der Waals surface area contributed by atoms with Crippen LogP contribution in [0.2, 0.25) is 0 Å². The van der Waals surface area contributed by atoms with E-state index in [1.54, 1.807) is 19.1 Å². The maximum absolute atomic E-state index is 12.9. The normalized spacial score (nSPS) is 25.1. The molecule has 2 aromatic carbocycles. The van der Waals surface area contributed by atoms with Crippen LogP contribution in [0.15, 0.2) is 59.4 Å². The van der Waals surface area contributed by atoms with E-state index < -0.39 is 24.0 Å². The lowest BCUT2D eigenvalue weighted by atomic mass is 9.63. The molecule has 5 heteroatoms. The van der Waals surface area contributed by atoms with Crippen LogP contribution < -0.4 is 15.8 Å². The maximum atomic E-state index is 12.9. The van der Waals surface area contributed by atoms with E-state index in [2.05, 4.69) is 5.10 Å². The van der Waals surface area contributed by atoms with Gasteiger partial charge in [0.15, 0.2) is 0 Å². The molecule has 26 heavy (non-hydrogen) atoms. The number of H-pyrrole nitrogens is 1. The van der Waals surface area contributed by atoms with Crippen molar-refractivity contribution in [3.63, 3.8) is 0 Å². The number of hydrogen-bond donors (Lipinski definition) is 1. The smallest absolute Gasteiger partial charge is 0.274 e. The number of nitrogens with one attached hydrogen (secondary N) is 1. The van der Waals surface area contributed by atoms with Gasteiger partial charge in [0, 0.05) is 11.3 Å². The van der Waals surface area contributed by atoms with Crippen molar-refractivity contribution >= 4 is 0 Å². The highest BCUT2D eigenvalue weighted by molar-refractivity contribution is 5.39. The fourth-order valence-corrected chi connectivity index (χ4v) is 3.88. The number of aromatic nitrogens is 2. The lowest BCUT2D eigenvalue weighted by Gasteiger charge is -2.61. The topological polar surface area (TPSA) is 83.9 Å². The Morgan fingerprint density at radius 3 is 2.12 bits per heavy atom. The predicted molar refractivity (Wildman–Crippen MR) is 95.4 cm³/mol. The molecule has 0 spiro atoms. The van der Waals surface area contributed by atoms with E-state index in [0.29, 0.717) is 16.9 Å². The molecular weight excluding hydrogens is 328 g/mol. The van der Waals surface area contributed by atoms with Crippen LogP contribution in [-0.4, -0.2) is 22.0 Å². The quantitative estimate of drug-likeness (QED) is 0.770. The zero-order chi connectivity index (χ0) is 18.4. The van der Waals surface area contributed by atoms with E-state index in [4.69, 9.17) is 0 Å². The first-order valence-corrected chi connectivity index (χ1v) is 8.74. The Bertz CT molecular complexity index is 963. The van der Waals surface area contributed by atoms with Crippen molar-refractivity contribution in [1.29, 1.82) is 0 Å². The fourth-order valence-electron chi connectivity index (χ4n) is 3.88. The van der Waals surface area contributed by atoms with Gasteiger partial charge in [-0.15, -0.1) is 12.2 Å². The van der Waals surface area contributed by atoms with E-state index in [9.17, 15) is 15.0 Å². The van der Waals surface area contributed by atoms with Gasteiger partial charge in [-0.1, -0.05) is 48.0 Å². The first-order chi connectivity index (χ1) is 12.5. The maximum Gasteiger partial charge on any atom is 0.274 e. The van der Waals surface area contributed by atoms with E-state index >= 15 is 0 Å². The molecule has 134 valence electrons. The molecule has 1 heterocycles. The molecule has 2 unspecified atom stereocenters. The summed E-state index contributed by atoms with van der Waals surface area (Å²) < 4.78 is 1.41. The van der Waals surface area contributed by atoms with E-state index in [1.165, 1.54) is 4.68 Å². The highest BCUT2D eigenvalue weighted by Gasteiger charge is 2.41. The number of aromatic amines is 1. The van der Waals surface area contributed by atoms with Crippen molar-refractivity contribution in [3.05, 3.63) is 87.3 Å². The molecule has 0 aliphatic heterocycles. The largest absolute Gasteiger partial charge is 0.851 e. The van der Waals surface area contributed by atoms with Crippen LogP contribution in [-0.2, 0) is 0 Å². The van der Waals surface area contributed by atoms with Crippen molar-refractivity contribution in [2.75, 3.05) is 0 Å². The van der Waals surface area contributed by atoms with Crippen LogP contribution in [0.5, 0.6) is 0 Å². The third-order valence-electron chi connectivity index (χ3n) is 5.34. The molecule has 3 aromatic rings. The summed E-state index contributed by atoms with van der Waals surface area (Å²) >= 11 is 0. The second kappa shape index (κ2) is 6.27. The molecule has 4 rings (SSSR count). The number of benzene rings is 2. The molecule has 1 fully saturated rings. The van der Waals surface area contributed by atoms with Crippen molar-refractivity contribution < 1.29 is 10.2 Å². The molecule has 1 aliphatic rings. The van der Waals surface area contributed by atoms with Gasteiger partial charge in [0.05, 0.1) is 5.69 Å². The molecule has 5 nitrogen and oxygen atoms in total. The van der Waals surface area contributed by atoms with Crippen LogP contribution in [0.1, 0.15) is 34.2 Å². The number of nitrogens with zero attached hydrogens (tertiary/aromatic N) is 1. The third kappa shape index (κ3) is 2.52. The average molecular weight is 348 g/mol. The monoisotopic (exact) mass is 348 g/mol. The van der Waals surface area contributed by atoms with Gasteiger partial charge < -0.3 is 10.2 Å². The number of aryl methyl sites for hydroxylation is 2. The number of hydrogen-bond acceptors (Lipinski definition) is 3. The minimum atomic E-state index is -1.10. The molecular formula is C21H20N2O3-2. The summed E-state index contributed by atoms with van der Waals surface area (Å²) in [7, 11) is 0. The van der Waals surface area contributed by atoms with Crippen molar-refractivity contribution in [3.8, 4) is 5.69 Å². The minimum Gasteiger partial charge on any atom is -0.851 e. The van der Waals surface area contributed by atoms with Gasteiger partial charge in [0.2, 0.25) is 0 Å². The summed E-state index contributed by atoms with van der Waals surface area (Å²) in [6.07, 6.45) is -2.21. The van der Waals surface area contributed by atoms with Gasteiger partial charge >= 0.3 is 0 Å². The van der Waals surface area contributed by atoms with Gasteiger partial charge in [-0.3, -0.25) is 9.89 Å². The SMILES string of the molecule is Cc1ccc(C2C([O-])C(c3c(C)[nH]n(-c4ccccc4)c3=O)C2[O-])cc1. The Morgan fingerprint density at radius 2 is 1.50 bits per heavy atom. The third-order valence-corrected chi connectivity index (χ3v) is 5.34. The van der Waals surface area contributed by atoms with Crippen LogP contribution >= 0.6 is 0 Å². The Morgan fingerprint density at radius 1 is 0.885 bits per heavy atom. The second-order valence-corrected chi connectivity index (χ2v) is 7.02. The van der Waals surface area contributed by atoms with Crippen LogP contribution in [0.3, 0.4) is 0 Å². The van der Waals surface area contributed by atoms with Gasteiger partial charge in [0.1, 0.15) is 0 Å². The first-order valence-electron chi connectivity index (χ1n) is 8.74. The molecule has 1 saturated carbocycles. The molecule has 2 atom stereocenters. The predicted octanol–water partition coefficient (Wildman–Crippen LogP) is 1.12. The second-order valence-electron chi connectivity index (χ2n) is 7.02. The van der Waals surface area contributed by atoms with Crippen LogP contribution in [0, 0.1) is 13.8 Å². The first kappa shape index (κ1) is 16.8. The van der Waals surface area contributed by atoms with E-state index in [1.807, 2.05) is 49.4 Å². The summed E-state index contributed by atoms with van der Waals surface area (Å²) in [5.41, 5.74) is 3.16. The van der Waals surface area contributed by atoms with Gasteiger partial charge in [0.25, 0.3) is 5.56 Å². The van der Waals surface area contributed by atoms with Crippen LogP contribution in [0.4, 0.5) is 0 Å². The summed E-state index contributed by atoms with van der Waals surface area (Å²) in [6, 6.07) is 16.7. The van der Waals surface area contributed by atoms with E-state index in [0.717, 1.165) is 11.1 Å². The summed E-state index contributed by atoms with van der Waals surface area (Å²) in [6.45, 7) is 3.71. The molecule has 0 amide bonds. The van der Waals surface area contributed by atoms with Crippen molar-refractivity contribution in [1.82, 2.24) is 9.78 Å². The molecule has 0 bridgehead atoms. The standard InChI is InChI=1S/C21H20N2O3/c1-12-8-10-14(11-9-12)17-19(24)18(20(17)25)16-13(2)22-23(21(16)26)15-6-4-3-5-7-15/h3-11,17-20,22H,1-2H3/q-2. The summed E-state index contributed by atoms with van der Waals surface area (Å²) in [5.74, 6) is -1.41. The minimum absolute atomic E-state index is 0.303. The van der Waals surface area contributed by atoms with Crippen molar-refractivity contribution in [2.24, 2.45) is 0 Å². The number of rotatable bonds is 3. The Labute approximate surface area is 151 Å². The zero-order valence-corrected chi connectivity index (χ0v) is 14.7. The summed E-state index contributed by atoms with van der Waals surface area (Å²) in [4.78, 5) is 12.9. The van der Waals surface area contributed by atoms with Crippen LogP contribution in [0.25, 0.3) is 5.69 Å². The molecule has 0 saturated heterocycles. The summed E-state index contributed by atoms with van der Waals surface area (Å²) in [5, 5.41) is 28.7. The molecule has 0 radical (unpaired) electrons. The highest BCUT2D eigenvalue weighted by Crippen LogP contribution is 2.45. The van der Waals surface area contributed by atoms with Gasteiger partial charge in [-0.2, -0.15) is 0 Å². The van der Waals surface area contributed by atoms with Crippen molar-refractivity contribution in [2.45, 2.75) is 37.9 Å². The molecule has 1 N–H and O–H groups in total. The van der Waals surface area contributed by atoms with Gasteiger partial charge in [-0.05, 0) is 43.4 Å². The molecule has 1 aromatic heterocycles.